The van der Waals surface area contributed by atoms with Crippen LogP contribution >= 0.6 is 0 Å². The second-order valence-electron chi connectivity index (χ2n) is 7.42. The molecule has 1 saturated heterocycles. The first-order chi connectivity index (χ1) is 14.0. The van der Waals surface area contributed by atoms with Gasteiger partial charge < -0.3 is 9.47 Å². The topological polar surface area (TPSA) is 64.6 Å². The van der Waals surface area contributed by atoms with Crippen LogP contribution in [0.2, 0.25) is 0 Å². The molecule has 0 amide bonds. The third-order valence-corrected chi connectivity index (χ3v) is 6.44. The Morgan fingerprint density at radius 2 is 1.48 bits per heavy atom. The first-order valence-corrected chi connectivity index (χ1v) is 10.9. The summed E-state index contributed by atoms with van der Waals surface area (Å²) in [5.41, 5.74) is 2.19. The molecule has 0 saturated carbocycles. The molecule has 1 heterocycles. The van der Waals surface area contributed by atoms with Crippen molar-refractivity contribution in [3.8, 4) is 0 Å². The fourth-order valence-electron chi connectivity index (χ4n) is 3.37. The van der Waals surface area contributed by atoms with Crippen LogP contribution in [-0.4, -0.2) is 21.6 Å². The van der Waals surface area contributed by atoms with Gasteiger partial charge >= 0.3 is 0 Å². The minimum Gasteiger partial charge on any atom is -0.347 e. The zero-order valence-electron chi connectivity index (χ0n) is 16.1. The molecule has 3 aromatic carbocycles. The molecular weight excluding hydrogens is 386 g/mol. The highest BCUT2D eigenvalue weighted by Crippen LogP contribution is 2.35. The van der Waals surface area contributed by atoms with E-state index in [0.29, 0.717) is 18.9 Å². The Balaban J connectivity index is 1.47. The highest BCUT2D eigenvalue weighted by Gasteiger charge is 2.34. The molecule has 150 valence electrons. The lowest BCUT2D eigenvalue weighted by molar-refractivity contribution is -0.211. The van der Waals surface area contributed by atoms with Gasteiger partial charge in [0.05, 0.1) is 18.1 Å². The molecule has 0 aromatic heterocycles. The van der Waals surface area contributed by atoms with Crippen molar-refractivity contribution in [3.05, 3.63) is 96.1 Å². The lowest BCUT2D eigenvalue weighted by Crippen LogP contribution is -2.40. The molecule has 6 heteroatoms. The number of hydrogen-bond acceptors (Lipinski definition) is 4. The summed E-state index contributed by atoms with van der Waals surface area (Å²) in [6.45, 7) is 3.15. The van der Waals surface area contributed by atoms with Gasteiger partial charge in [-0.05, 0) is 29.8 Å². The number of benzene rings is 3. The van der Waals surface area contributed by atoms with Crippen molar-refractivity contribution >= 4 is 15.7 Å². The van der Waals surface area contributed by atoms with Gasteiger partial charge in [0.25, 0.3) is 10.0 Å². The standard InChI is InChI=1S/C23H23NO4S/c1-23(19-10-4-2-5-11-19)16-27-22(28-17-23)18-9-8-12-20(15-18)24-29(25,26)21-13-6-3-7-14-21/h2-15,22,24H,16-17H2,1H3. The van der Waals surface area contributed by atoms with Crippen LogP contribution in [0.15, 0.2) is 89.8 Å². The monoisotopic (exact) mass is 409 g/mol. The summed E-state index contributed by atoms with van der Waals surface area (Å²) in [6.07, 6.45) is -0.534. The van der Waals surface area contributed by atoms with Gasteiger partial charge in [0.1, 0.15) is 0 Å². The average molecular weight is 410 g/mol. The first-order valence-electron chi connectivity index (χ1n) is 9.43. The van der Waals surface area contributed by atoms with Crippen LogP contribution in [0.25, 0.3) is 0 Å². The summed E-state index contributed by atoms with van der Waals surface area (Å²) >= 11 is 0. The van der Waals surface area contributed by atoms with E-state index in [4.69, 9.17) is 9.47 Å². The normalized spacial score (nSPS) is 22.2. The Bertz CT molecular complexity index is 1060. The quantitative estimate of drug-likeness (QED) is 0.674. The van der Waals surface area contributed by atoms with Gasteiger partial charge in [-0.25, -0.2) is 8.42 Å². The van der Waals surface area contributed by atoms with E-state index in [9.17, 15) is 8.42 Å². The third kappa shape index (κ3) is 4.34. The maximum atomic E-state index is 12.6. The fourth-order valence-corrected chi connectivity index (χ4v) is 4.44. The van der Waals surface area contributed by atoms with Crippen molar-refractivity contribution < 1.29 is 17.9 Å². The van der Waals surface area contributed by atoms with Crippen molar-refractivity contribution in [2.75, 3.05) is 17.9 Å². The van der Waals surface area contributed by atoms with Crippen molar-refractivity contribution in [1.29, 1.82) is 0 Å². The van der Waals surface area contributed by atoms with Crippen LogP contribution in [0.5, 0.6) is 0 Å². The van der Waals surface area contributed by atoms with Gasteiger partial charge in [-0.3, -0.25) is 4.72 Å². The Labute approximate surface area is 171 Å². The summed E-state index contributed by atoms with van der Waals surface area (Å²) in [4.78, 5) is 0.217. The van der Waals surface area contributed by atoms with Gasteiger partial charge in [-0.1, -0.05) is 67.6 Å². The molecule has 0 atom stereocenters. The number of ether oxygens (including phenoxy) is 2. The molecule has 0 radical (unpaired) electrons. The molecule has 5 nitrogen and oxygen atoms in total. The predicted octanol–water partition coefficient (Wildman–Crippen LogP) is 4.49. The number of hydrogen-bond donors (Lipinski definition) is 1. The summed E-state index contributed by atoms with van der Waals surface area (Å²) in [5, 5.41) is 0. The zero-order chi connectivity index (χ0) is 20.3. The number of sulfonamides is 1. The SMILES string of the molecule is CC1(c2ccccc2)COC(c2cccc(NS(=O)(=O)c3ccccc3)c2)OC1. The Morgan fingerprint density at radius 3 is 2.14 bits per heavy atom. The maximum Gasteiger partial charge on any atom is 0.261 e. The van der Waals surface area contributed by atoms with Gasteiger partial charge in [0.2, 0.25) is 0 Å². The Hall–Kier alpha value is -2.67. The van der Waals surface area contributed by atoms with E-state index in [2.05, 4.69) is 23.8 Å². The van der Waals surface area contributed by atoms with Crippen LogP contribution in [0.4, 0.5) is 5.69 Å². The molecule has 0 unspecified atom stereocenters. The number of rotatable bonds is 5. The van der Waals surface area contributed by atoms with E-state index >= 15 is 0 Å². The van der Waals surface area contributed by atoms with Crippen LogP contribution < -0.4 is 4.72 Å². The molecule has 1 N–H and O–H groups in total. The molecule has 3 aromatic rings. The molecule has 1 fully saturated rings. The molecule has 0 aliphatic carbocycles. The average Bonchev–Trinajstić information content (AvgIpc) is 2.75. The van der Waals surface area contributed by atoms with E-state index in [1.54, 1.807) is 48.5 Å². The van der Waals surface area contributed by atoms with E-state index < -0.39 is 16.3 Å². The van der Waals surface area contributed by atoms with E-state index in [0.717, 1.165) is 5.56 Å². The van der Waals surface area contributed by atoms with Crippen molar-refractivity contribution in [1.82, 2.24) is 0 Å². The predicted molar refractivity (Wildman–Crippen MR) is 112 cm³/mol. The molecule has 1 aliphatic heterocycles. The maximum absolute atomic E-state index is 12.6. The van der Waals surface area contributed by atoms with Crippen molar-refractivity contribution in [3.63, 3.8) is 0 Å². The number of anilines is 1. The summed E-state index contributed by atoms with van der Waals surface area (Å²) in [7, 11) is -3.65. The van der Waals surface area contributed by atoms with Crippen molar-refractivity contribution in [2.45, 2.75) is 23.5 Å². The van der Waals surface area contributed by atoms with Gasteiger partial charge in [0.15, 0.2) is 6.29 Å². The van der Waals surface area contributed by atoms with Crippen molar-refractivity contribution in [2.24, 2.45) is 0 Å². The minimum absolute atomic E-state index is 0.217. The van der Waals surface area contributed by atoms with E-state index in [1.807, 2.05) is 24.3 Å². The first kappa shape index (κ1) is 19.6. The highest BCUT2D eigenvalue weighted by molar-refractivity contribution is 7.92. The molecule has 1 aliphatic rings. The second-order valence-corrected chi connectivity index (χ2v) is 9.11. The highest BCUT2D eigenvalue weighted by atomic mass is 32.2. The summed E-state index contributed by atoms with van der Waals surface area (Å²) < 4.78 is 39.7. The van der Waals surface area contributed by atoms with E-state index in [1.165, 1.54) is 5.56 Å². The third-order valence-electron chi connectivity index (χ3n) is 5.04. The van der Waals surface area contributed by atoms with Crippen LogP contribution in [0.1, 0.15) is 24.3 Å². The van der Waals surface area contributed by atoms with Crippen LogP contribution in [-0.2, 0) is 24.9 Å². The van der Waals surface area contributed by atoms with Gasteiger partial charge in [-0.2, -0.15) is 0 Å². The summed E-state index contributed by atoms with van der Waals surface area (Å²) in [6, 6.07) is 25.6. The fraction of sp³-hybridized carbons (Fsp3) is 0.217. The zero-order valence-corrected chi connectivity index (χ0v) is 16.9. The largest absolute Gasteiger partial charge is 0.347 e. The molecule has 4 rings (SSSR count). The van der Waals surface area contributed by atoms with E-state index in [-0.39, 0.29) is 10.3 Å². The molecule has 0 bridgehead atoms. The Kier molecular flexibility index (Phi) is 5.41. The molecule has 29 heavy (non-hydrogen) atoms. The van der Waals surface area contributed by atoms with Gasteiger partial charge in [0, 0.05) is 16.7 Å². The van der Waals surface area contributed by atoms with Crippen LogP contribution in [0, 0.1) is 0 Å². The van der Waals surface area contributed by atoms with Gasteiger partial charge in [-0.15, -0.1) is 0 Å². The lowest BCUT2D eigenvalue weighted by Gasteiger charge is -2.38. The minimum atomic E-state index is -3.65. The summed E-state index contributed by atoms with van der Waals surface area (Å²) in [5.74, 6) is 0. The molecular formula is C23H23NO4S. The second kappa shape index (κ2) is 7.99. The lowest BCUT2D eigenvalue weighted by atomic mass is 9.83. The van der Waals surface area contributed by atoms with Crippen LogP contribution in [0.3, 0.4) is 0 Å². The molecule has 0 spiro atoms. The smallest absolute Gasteiger partial charge is 0.261 e. The Morgan fingerprint density at radius 1 is 0.862 bits per heavy atom. The number of nitrogens with one attached hydrogen (secondary N) is 1.